The first kappa shape index (κ1) is 20.4. The van der Waals surface area contributed by atoms with Crippen LogP contribution in [0.15, 0.2) is 47.9 Å². The third kappa shape index (κ3) is 4.82. The third-order valence-corrected chi connectivity index (χ3v) is 5.76. The van der Waals surface area contributed by atoms with Crippen LogP contribution in [0.2, 0.25) is 0 Å². The number of nitrogens with zero attached hydrogens (tertiary/aromatic N) is 5. The fourth-order valence-electron chi connectivity index (χ4n) is 3.13. The number of rotatable bonds is 7. The van der Waals surface area contributed by atoms with Gasteiger partial charge in [0.1, 0.15) is 5.82 Å². The van der Waals surface area contributed by atoms with Gasteiger partial charge in [0.25, 0.3) is 0 Å². The second-order valence-electron chi connectivity index (χ2n) is 6.88. The van der Waals surface area contributed by atoms with Gasteiger partial charge in [-0.1, -0.05) is 11.8 Å². The Morgan fingerprint density at radius 3 is 2.77 bits per heavy atom. The number of ether oxygens (including phenoxy) is 1. The third-order valence-electron chi connectivity index (χ3n) is 4.68. The largest absolute Gasteiger partial charge is 0.376 e. The number of thioether (sulfide) groups is 1. The summed E-state index contributed by atoms with van der Waals surface area (Å²) in [6, 6.07) is 7.80. The fraction of sp³-hybridized carbons (Fsp3) is 0.350. The molecule has 1 aliphatic heterocycles. The van der Waals surface area contributed by atoms with Crippen molar-refractivity contribution in [3.8, 4) is 11.4 Å². The number of carbonyl (C=O) groups is 1. The minimum Gasteiger partial charge on any atom is -0.376 e. The average molecular weight is 428 g/mol. The molecule has 8 nitrogen and oxygen atoms in total. The summed E-state index contributed by atoms with van der Waals surface area (Å²) >= 11 is 1.29. The Morgan fingerprint density at radius 2 is 2.07 bits per heavy atom. The molecule has 0 spiro atoms. The lowest BCUT2D eigenvalue weighted by molar-refractivity contribution is -0.115. The van der Waals surface area contributed by atoms with Gasteiger partial charge in [-0.15, -0.1) is 10.2 Å². The van der Waals surface area contributed by atoms with Crippen LogP contribution in [0.5, 0.6) is 0 Å². The van der Waals surface area contributed by atoms with E-state index in [9.17, 15) is 9.18 Å². The summed E-state index contributed by atoms with van der Waals surface area (Å²) in [6.45, 7) is 3.08. The summed E-state index contributed by atoms with van der Waals surface area (Å²) in [4.78, 5) is 20.6. The Labute approximate surface area is 177 Å². The lowest BCUT2D eigenvalue weighted by Gasteiger charge is -2.16. The summed E-state index contributed by atoms with van der Waals surface area (Å²) in [5, 5.41) is 11.4. The molecular formula is C20H21FN6O2S. The van der Waals surface area contributed by atoms with Gasteiger partial charge in [-0.2, -0.15) is 0 Å². The van der Waals surface area contributed by atoms with Crippen molar-refractivity contribution >= 4 is 23.6 Å². The molecule has 1 fully saturated rings. The van der Waals surface area contributed by atoms with Gasteiger partial charge in [-0.3, -0.25) is 14.7 Å². The molecular weight excluding hydrogens is 407 g/mol. The lowest BCUT2D eigenvalue weighted by Crippen LogP contribution is -2.24. The summed E-state index contributed by atoms with van der Waals surface area (Å²) in [6.07, 6.45) is 5.14. The molecule has 1 aromatic carbocycles. The van der Waals surface area contributed by atoms with Gasteiger partial charge >= 0.3 is 0 Å². The van der Waals surface area contributed by atoms with Gasteiger partial charge < -0.3 is 4.74 Å². The molecule has 4 rings (SSSR count). The number of amides is 1. The predicted molar refractivity (Wildman–Crippen MR) is 110 cm³/mol. The maximum absolute atomic E-state index is 13.4. The first-order chi connectivity index (χ1) is 14.6. The van der Waals surface area contributed by atoms with Crippen molar-refractivity contribution in [3.63, 3.8) is 0 Å². The molecule has 1 aliphatic rings. The predicted octanol–water partition coefficient (Wildman–Crippen LogP) is 3.17. The maximum atomic E-state index is 13.4. The molecule has 10 heteroatoms. The molecule has 0 radical (unpaired) electrons. The molecule has 0 aliphatic carbocycles. The van der Waals surface area contributed by atoms with E-state index in [1.54, 1.807) is 37.5 Å². The minimum absolute atomic E-state index is 0.0569. The van der Waals surface area contributed by atoms with Crippen molar-refractivity contribution in [3.05, 3.63) is 48.5 Å². The van der Waals surface area contributed by atoms with Crippen LogP contribution in [0.1, 0.15) is 19.8 Å². The van der Waals surface area contributed by atoms with Gasteiger partial charge in [0.15, 0.2) is 11.0 Å². The summed E-state index contributed by atoms with van der Waals surface area (Å²) in [5.74, 6) is 0.322. The van der Waals surface area contributed by atoms with Crippen molar-refractivity contribution in [1.29, 1.82) is 0 Å². The van der Waals surface area contributed by atoms with E-state index in [1.807, 2.05) is 4.57 Å². The van der Waals surface area contributed by atoms with E-state index in [4.69, 9.17) is 4.74 Å². The van der Waals surface area contributed by atoms with E-state index in [-0.39, 0.29) is 23.8 Å². The first-order valence-corrected chi connectivity index (χ1v) is 10.5. The van der Waals surface area contributed by atoms with Crippen molar-refractivity contribution in [1.82, 2.24) is 24.7 Å². The molecule has 3 heterocycles. The molecule has 156 valence electrons. The Bertz CT molecular complexity index is 992. The number of nitrogens with one attached hydrogen (secondary N) is 1. The number of anilines is 1. The fourth-order valence-corrected chi connectivity index (χ4v) is 3.99. The van der Waals surface area contributed by atoms with E-state index >= 15 is 0 Å². The molecule has 30 heavy (non-hydrogen) atoms. The Hall–Kier alpha value is -2.85. The normalized spacial score (nSPS) is 17.1. The van der Waals surface area contributed by atoms with Gasteiger partial charge in [0, 0.05) is 24.6 Å². The average Bonchev–Trinajstić information content (AvgIpc) is 3.40. The van der Waals surface area contributed by atoms with Crippen LogP contribution in [-0.4, -0.2) is 48.6 Å². The first-order valence-electron chi connectivity index (χ1n) is 9.65. The molecule has 1 saturated heterocycles. The van der Waals surface area contributed by atoms with E-state index in [1.165, 1.54) is 23.9 Å². The number of hydrogen-bond donors (Lipinski definition) is 1. The standard InChI is InChI=1S/C20H21FN6O2S/c1-13(18(28)24-19-22-9-3-10-23-19)30-20-26-25-17(14-5-7-15(21)8-6-14)27(20)12-16-4-2-11-29-16/h3,5-10,13,16H,2,4,11-12H2,1H3,(H,22,23,24,28). The van der Waals surface area contributed by atoms with Gasteiger partial charge in [0.05, 0.1) is 17.9 Å². The highest BCUT2D eigenvalue weighted by atomic mass is 32.2. The van der Waals surface area contributed by atoms with Crippen molar-refractivity contribution < 1.29 is 13.9 Å². The Morgan fingerprint density at radius 1 is 1.30 bits per heavy atom. The maximum Gasteiger partial charge on any atom is 0.240 e. The van der Waals surface area contributed by atoms with Crippen LogP contribution in [0.25, 0.3) is 11.4 Å². The number of hydrogen-bond acceptors (Lipinski definition) is 7. The summed E-state index contributed by atoms with van der Waals surface area (Å²) in [7, 11) is 0. The Balaban J connectivity index is 1.55. The van der Waals surface area contributed by atoms with Crippen LogP contribution in [0.4, 0.5) is 10.3 Å². The van der Waals surface area contributed by atoms with E-state index < -0.39 is 5.25 Å². The van der Waals surface area contributed by atoms with Crippen molar-refractivity contribution in [2.45, 2.75) is 42.8 Å². The quantitative estimate of drug-likeness (QED) is 0.578. The van der Waals surface area contributed by atoms with Crippen LogP contribution in [0, 0.1) is 5.82 Å². The number of aromatic nitrogens is 5. The zero-order chi connectivity index (χ0) is 20.9. The van der Waals surface area contributed by atoms with Gasteiger partial charge in [-0.05, 0) is 50.1 Å². The molecule has 1 amide bonds. The lowest BCUT2D eigenvalue weighted by atomic mass is 10.2. The molecule has 2 atom stereocenters. The van der Waals surface area contributed by atoms with Gasteiger partial charge in [-0.25, -0.2) is 14.4 Å². The van der Waals surface area contributed by atoms with E-state index in [2.05, 4.69) is 25.5 Å². The number of halogens is 1. The zero-order valence-electron chi connectivity index (χ0n) is 16.4. The van der Waals surface area contributed by atoms with Gasteiger partial charge in [0.2, 0.25) is 11.9 Å². The molecule has 3 aromatic rings. The topological polar surface area (TPSA) is 94.8 Å². The monoisotopic (exact) mass is 428 g/mol. The van der Waals surface area contributed by atoms with Crippen LogP contribution in [0.3, 0.4) is 0 Å². The van der Waals surface area contributed by atoms with Crippen molar-refractivity contribution in [2.75, 3.05) is 11.9 Å². The smallest absolute Gasteiger partial charge is 0.240 e. The number of carbonyl (C=O) groups excluding carboxylic acids is 1. The molecule has 0 bridgehead atoms. The highest BCUT2D eigenvalue weighted by molar-refractivity contribution is 8.00. The molecule has 0 saturated carbocycles. The number of benzene rings is 1. The SMILES string of the molecule is CC(Sc1nnc(-c2ccc(F)cc2)n1CC1CCCO1)C(=O)Nc1ncccn1. The minimum atomic E-state index is -0.456. The molecule has 2 aromatic heterocycles. The van der Waals surface area contributed by atoms with E-state index in [0.717, 1.165) is 25.0 Å². The summed E-state index contributed by atoms with van der Waals surface area (Å²) in [5.41, 5.74) is 0.753. The van der Waals surface area contributed by atoms with Crippen LogP contribution >= 0.6 is 11.8 Å². The molecule has 2 unspecified atom stereocenters. The van der Waals surface area contributed by atoms with Crippen LogP contribution in [-0.2, 0) is 16.1 Å². The van der Waals surface area contributed by atoms with E-state index in [0.29, 0.717) is 17.5 Å². The second kappa shape index (κ2) is 9.31. The molecule has 1 N–H and O–H groups in total. The van der Waals surface area contributed by atoms with Crippen molar-refractivity contribution in [2.24, 2.45) is 0 Å². The van der Waals surface area contributed by atoms with Crippen LogP contribution < -0.4 is 5.32 Å². The zero-order valence-corrected chi connectivity index (χ0v) is 17.2. The summed E-state index contributed by atoms with van der Waals surface area (Å²) < 4.78 is 21.1. The highest BCUT2D eigenvalue weighted by Crippen LogP contribution is 2.29. The second-order valence-corrected chi connectivity index (χ2v) is 8.19. The highest BCUT2D eigenvalue weighted by Gasteiger charge is 2.25. The Kier molecular flexibility index (Phi) is 6.34.